The molecule has 0 saturated carbocycles. The van der Waals surface area contributed by atoms with Gasteiger partial charge in [0.25, 0.3) is 11.1 Å². The molecule has 33 heavy (non-hydrogen) atoms. The summed E-state index contributed by atoms with van der Waals surface area (Å²) in [5.41, 5.74) is 2.55. The van der Waals surface area contributed by atoms with Gasteiger partial charge >= 0.3 is 0 Å². The van der Waals surface area contributed by atoms with E-state index in [0.717, 1.165) is 22.9 Å². The number of aryl methyl sites for hydroxylation is 1. The first-order valence-electron chi connectivity index (χ1n) is 9.96. The number of nitrogens with zero attached hydrogens (tertiary/aromatic N) is 4. The van der Waals surface area contributed by atoms with Gasteiger partial charge in [0, 0.05) is 28.6 Å². The molecule has 2 aromatic heterocycles. The van der Waals surface area contributed by atoms with Gasteiger partial charge in [0.1, 0.15) is 17.5 Å². The molecule has 3 aromatic rings. The molecular weight excluding hydrogens is 465 g/mol. The van der Waals surface area contributed by atoms with Gasteiger partial charge in [-0.3, -0.25) is 10.1 Å². The smallest absolute Gasteiger partial charge is 0.268 e. The Hall–Kier alpha value is -3.36. The molecule has 1 N–H and O–H groups in total. The lowest BCUT2D eigenvalue weighted by Crippen LogP contribution is -2.15. The van der Waals surface area contributed by atoms with Gasteiger partial charge in [0.2, 0.25) is 15.0 Å². The monoisotopic (exact) mass is 487 g/mol. The fourth-order valence-corrected chi connectivity index (χ4v) is 5.67. The number of nitrogens with one attached hydrogen (secondary N) is 1. The number of benzene rings is 1. The highest BCUT2D eigenvalue weighted by atomic mass is 32.2. The molecule has 0 unspecified atom stereocenters. The Labute approximate surface area is 195 Å². The minimum Gasteiger partial charge on any atom is -0.318 e. The van der Waals surface area contributed by atoms with Crippen molar-refractivity contribution >= 4 is 38.5 Å². The van der Waals surface area contributed by atoms with E-state index in [2.05, 4.69) is 14.7 Å². The minimum absolute atomic E-state index is 0.0197. The maximum absolute atomic E-state index is 13.7. The fourth-order valence-electron chi connectivity index (χ4n) is 3.32. The second-order valence-electron chi connectivity index (χ2n) is 7.82. The van der Waals surface area contributed by atoms with Crippen LogP contribution in [0.25, 0.3) is 11.8 Å². The number of carbonyl (C=O) groups is 1. The Morgan fingerprint density at radius 1 is 1.33 bits per heavy atom. The molecule has 0 aliphatic heterocycles. The number of aromatic nitrogens is 3. The summed E-state index contributed by atoms with van der Waals surface area (Å²) in [6.07, 6.45) is 1.42. The summed E-state index contributed by atoms with van der Waals surface area (Å²) in [6.45, 7) is 7.17. The van der Waals surface area contributed by atoms with Crippen LogP contribution in [0.5, 0.6) is 0 Å². The van der Waals surface area contributed by atoms with Crippen LogP contribution >= 0.6 is 11.5 Å². The van der Waals surface area contributed by atoms with E-state index >= 15 is 0 Å². The summed E-state index contributed by atoms with van der Waals surface area (Å²) >= 11 is 0.726. The molecule has 0 saturated heterocycles. The van der Waals surface area contributed by atoms with Crippen molar-refractivity contribution in [3.63, 3.8) is 0 Å². The molecule has 11 heteroatoms. The molecular formula is C22H22FN5O3S2. The van der Waals surface area contributed by atoms with E-state index in [1.807, 2.05) is 17.6 Å². The minimum atomic E-state index is -3.66. The fraction of sp³-hybridized carbons (Fsp3) is 0.273. The molecule has 1 aromatic carbocycles. The number of amides is 1. The molecule has 0 atom stereocenters. The van der Waals surface area contributed by atoms with Gasteiger partial charge in [-0.25, -0.2) is 12.8 Å². The van der Waals surface area contributed by atoms with E-state index in [-0.39, 0.29) is 33.3 Å². The van der Waals surface area contributed by atoms with Crippen LogP contribution in [0.4, 0.5) is 9.52 Å². The molecule has 0 spiro atoms. The lowest BCUT2D eigenvalue weighted by atomic mass is 10.1. The maximum Gasteiger partial charge on any atom is 0.268 e. The number of nitriles is 1. The van der Waals surface area contributed by atoms with Crippen molar-refractivity contribution in [3.05, 3.63) is 58.7 Å². The van der Waals surface area contributed by atoms with Crippen molar-refractivity contribution in [2.24, 2.45) is 5.92 Å². The van der Waals surface area contributed by atoms with E-state index in [1.54, 1.807) is 39.0 Å². The van der Waals surface area contributed by atoms with Gasteiger partial charge in [-0.15, -0.1) is 0 Å². The van der Waals surface area contributed by atoms with Crippen LogP contribution in [0.1, 0.15) is 30.8 Å². The van der Waals surface area contributed by atoms with Gasteiger partial charge < -0.3 is 4.57 Å². The van der Waals surface area contributed by atoms with Crippen LogP contribution in [0.15, 0.2) is 41.1 Å². The highest BCUT2D eigenvalue weighted by Gasteiger charge is 2.23. The summed E-state index contributed by atoms with van der Waals surface area (Å²) in [6, 6.07) is 9.75. The number of halogens is 1. The molecule has 0 fully saturated rings. The lowest BCUT2D eigenvalue weighted by molar-refractivity contribution is -0.112. The van der Waals surface area contributed by atoms with Gasteiger partial charge in [-0.2, -0.15) is 14.6 Å². The number of sulfone groups is 1. The molecule has 8 nitrogen and oxygen atoms in total. The number of rotatable bonds is 7. The summed E-state index contributed by atoms with van der Waals surface area (Å²) in [5, 5.41) is 11.6. The molecule has 3 rings (SSSR count). The highest BCUT2D eigenvalue weighted by Crippen LogP contribution is 2.24. The van der Waals surface area contributed by atoms with Crippen LogP contribution in [0, 0.1) is 36.9 Å². The van der Waals surface area contributed by atoms with Crippen molar-refractivity contribution in [3.8, 4) is 11.8 Å². The second kappa shape index (κ2) is 9.64. The Morgan fingerprint density at radius 3 is 2.70 bits per heavy atom. The number of anilines is 1. The molecule has 0 aliphatic carbocycles. The highest BCUT2D eigenvalue weighted by molar-refractivity contribution is 7.91. The van der Waals surface area contributed by atoms with Crippen LogP contribution < -0.4 is 5.32 Å². The van der Waals surface area contributed by atoms with Gasteiger partial charge in [-0.05, 0) is 55.7 Å². The van der Waals surface area contributed by atoms with Crippen molar-refractivity contribution in [2.75, 3.05) is 11.1 Å². The quantitative estimate of drug-likeness (QED) is 0.397. The van der Waals surface area contributed by atoms with Crippen molar-refractivity contribution in [1.29, 1.82) is 5.26 Å². The first-order chi connectivity index (χ1) is 15.5. The molecule has 0 aliphatic rings. The second-order valence-corrected chi connectivity index (χ2v) is 10.5. The Kier molecular flexibility index (Phi) is 7.09. The van der Waals surface area contributed by atoms with Crippen LogP contribution in [-0.4, -0.2) is 34.0 Å². The lowest BCUT2D eigenvalue weighted by Gasteiger charge is -2.09. The summed E-state index contributed by atoms with van der Waals surface area (Å²) in [5.74, 6) is -1.32. The zero-order valence-electron chi connectivity index (χ0n) is 18.5. The largest absolute Gasteiger partial charge is 0.318 e. The maximum atomic E-state index is 13.7. The van der Waals surface area contributed by atoms with Crippen molar-refractivity contribution in [1.82, 2.24) is 13.9 Å². The predicted molar refractivity (Wildman–Crippen MR) is 124 cm³/mol. The van der Waals surface area contributed by atoms with E-state index in [0.29, 0.717) is 11.3 Å². The molecule has 0 bridgehead atoms. The average Bonchev–Trinajstić information content (AvgIpc) is 3.29. The third-order valence-corrected chi connectivity index (χ3v) is 7.25. The van der Waals surface area contributed by atoms with Gasteiger partial charge in [-0.1, -0.05) is 19.9 Å². The molecule has 172 valence electrons. The Bertz CT molecular complexity index is 1380. The molecule has 0 radical (unpaired) electrons. The standard InChI is InChI=1S/C22H22FN5O3S2/c1-13(2)12-33(30,31)22-26-21(32-27-22)25-20(29)17(11-24)9-16-8-14(3)28(15(16)4)19-7-5-6-18(23)10-19/h5-10,13H,12H2,1-4H3,(H,25,26,27,29)/b17-9-. The molecule has 1 amide bonds. The third-order valence-electron chi connectivity index (χ3n) is 4.66. The normalized spacial score (nSPS) is 12.1. The first kappa shape index (κ1) is 24.3. The van der Waals surface area contributed by atoms with Crippen molar-refractivity contribution in [2.45, 2.75) is 32.9 Å². The summed E-state index contributed by atoms with van der Waals surface area (Å²) < 4.78 is 43.8. The van der Waals surface area contributed by atoms with Crippen LogP contribution in [0.2, 0.25) is 0 Å². The number of hydrogen-bond acceptors (Lipinski definition) is 7. The molecule has 2 heterocycles. The van der Waals surface area contributed by atoms with Gasteiger partial charge in [0.15, 0.2) is 0 Å². The summed E-state index contributed by atoms with van der Waals surface area (Å²) in [7, 11) is -3.66. The Morgan fingerprint density at radius 2 is 2.06 bits per heavy atom. The SMILES string of the molecule is Cc1cc(/C=C(/C#N)C(=O)Nc2nc(S(=O)(=O)CC(C)C)ns2)c(C)n1-c1cccc(F)c1. The van der Waals surface area contributed by atoms with E-state index < -0.39 is 15.7 Å². The predicted octanol–water partition coefficient (Wildman–Crippen LogP) is 4.06. The topological polar surface area (TPSA) is 118 Å². The zero-order chi connectivity index (χ0) is 24.3. The van der Waals surface area contributed by atoms with Crippen molar-refractivity contribution < 1.29 is 17.6 Å². The van der Waals surface area contributed by atoms with Gasteiger partial charge in [0.05, 0.1) is 5.75 Å². The summed E-state index contributed by atoms with van der Waals surface area (Å²) in [4.78, 5) is 16.5. The number of hydrogen-bond donors (Lipinski definition) is 1. The van der Waals surface area contributed by atoms with E-state index in [4.69, 9.17) is 0 Å². The van der Waals surface area contributed by atoms with Crippen LogP contribution in [-0.2, 0) is 14.6 Å². The van der Waals surface area contributed by atoms with Crippen LogP contribution in [0.3, 0.4) is 0 Å². The zero-order valence-corrected chi connectivity index (χ0v) is 20.1. The first-order valence-corrected chi connectivity index (χ1v) is 12.4. The van der Waals surface area contributed by atoms with E-state index in [9.17, 15) is 22.9 Å². The van der Waals surface area contributed by atoms with E-state index in [1.165, 1.54) is 18.2 Å². The average molecular weight is 488 g/mol. The Balaban J connectivity index is 1.86. The number of carbonyl (C=O) groups excluding carboxylic acids is 1. The third kappa shape index (κ3) is 5.53.